The molecule has 0 spiro atoms. The fraction of sp³-hybridized carbons (Fsp3) is 0.500. The van der Waals surface area contributed by atoms with Crippen molar-refractivity contribution in [1.29, 1.82) is 0 Å². The molecule has 0 aliphatic carbocycles. The maximum absolute atomic E-state index is 12.9. The molecule has 0 unspecified atom stereocenters. The summed E-state index contributed by atoms with van der Waals surface area (Å²) in [5.74, 6) is -0.408. The monoisotopic (exact) mass is 326 g/mol. The second kappa shape index (κ2) is 7.46. The zero-order valence-corrected chi connectivity index (χ0v) is 12.1. The van der Waals surface area contributed by atoms with Crippen molar-refractivity contribution in [1.82, 2.24) is 4.98 Å². The zero-order valence-electron chi connectivity index (χ0n) is 11.3. The first kappa shape index (κ1) is 17.5. The molecule has 118 valence electrons. The molecule has 0 aromatic carbocycles. The lowest BCUT2D eigenvalue weighted by atomic mass is 10.2. The molecule has 1 N–H and O–H groups in total. The minimum Gasteiger partial charge on any atom is -0.474 e. The summed E-state index contributed by atoms with van der Waals surface area (Å²) in [7, 11) is 0. The van der Waals surface area contributed by atoms with E-state index in [2.05, 4.69) is 4.98 Å². The molecule has 1 amide bonds. The Kier molecular flexibility index (Phi) is 6.22. The van der Waals surface area contributed by atoms with E-state index >= 15 is 0 Å². The van der Waals surface area contributed by atoms with Gasteiger partial charge in [-0.2, -0.15) is 18.2 Å². The first-order valence-corrected chi connectivity index (χ1v) is 6.35. The van der Waals surface area contributed by atoms with Gasteiger partial charge in [-0.3, -0.25) is 4.79 Å². The van der Waals surface area contributed by atoms with Gasteiger partial charge >= 0.3 is 6.18 Å². The number of nitrogens with zero attached hydrogens (tertiary/aromatic N) is 1. The van der Waals surface area contributed by atoms with Crippen LogP contribution in [0.5, 0.6) is 5.88 Å². The second-order valence-electron chi connectivity index (χ2n) is 4.20. The molecule has 0 fully saturated rings. The highest BCUT2D eigenvalue weighted by Crippen LogP contribution is 2.40. The summed E-state index contributed by atoms with van der Waals surface area (Å²) in [6, 6.07) is 0.616. The molecule has 0 atom stereocenters. The molecular weight excluding hydrogens is 313 g/mol. The minimum atomic E-state index is -4.70. The van der Waals surface area contributed by atoms with Crippen LogP contribution >= 0.6 is 11.6 Å². The quantitative estimate of drug-likeness (QED) is 0.475. The van der Waals surface area contributed by atoms with Gasteiger partial charge in [0.1, 0.15) is 17.4 Å². The van der Waals surface area contributed by atoms with E-state index in [9.17, 15) is 18.0 Å². The van der Waals surface area contributed by atoms with Crippen LogP contribution in [0.2, 0.25) is 5.15 Å². The molecule has 21 heavy (non-hydrogen) atoms. The number of pyridine rings is 1. The van der Waals surface area contributed by atoms with E-state index in [0.717, 1.165) is 0 Å². The highest BCUT2D eigenvalue weighted by atomic mass is 35.5. The average molecular weight is 327 g/mol. The lowest BCUT2D eigenvalue weighted by molar-refractivity contribution is -0.137. The first-order chi connectivity index (χ1) is 9.75. The van der Waals surface area contributed by atoms with Crippen LogP contribution in [0.4, 0.5) is 18.9 Å². The molecular formula is C12H14ClF3N2O3. The van der Waals surface area contributed by atoms with Crippen LogP contribution in [-0.2, 0) is 15.7 Å². The number of amides is 1. The number of carbonyl (C=O) groups excluding carboxylic acids is 1. The molecule has 1 aromatic rings. The molecule has 9 heteroatoms. The zero-order chi connectivity index (χ0) is 16.0. The van der Waals surface area contributed by atoms with E-state index in [1.54, 1.807) is 13.8 Å². The van der Waals surface area contributed by atoms with Crippen molar-refractivity contribution in [2.45, 2.75) is 26.1 Å². The maximum atomic E-state index is 12.9. The molecule has 0 aliphatic heterocycles. The van der Waals surface area contributed by atoms with Crippen molar-refractivity contribution in [2.75, 3.05) is 18.5 Å². The van der Waals surface area contributed by atoms with Crippen molar-refractivity contribution in [3.63, 3.8) is 0 Å². The Bertz CT molecular complexity index is 495. The summed E-state index contributed by atoms with van der Waals surface area (Å²) < 4.78 is 49.0. The third kappa shape index (κ3) is 5.39. The smallest absolute Gasteiger partial charge is 0.418 e. The molecule has 0 bridgehead atoms. The summed E-state index contributed by atoms with van der Waals surface area (Å²) in [5, 5.41) is 1.55. The van der Waals surface area contributed by atoms with Gasteiger partial charge in [-0.1, -0.05) is 11.6 Å². The molecule has 1 heterocycles. The van der Waals surface area contributed by atoms with Crippen molar-refractivity contribution in [3.8, 4) is 5.88 Å². The predicted octanol–water partition coefficient (Wildman–Crippen LogP) is 3.13. The van der Waals surface area contributed by atoms with Crippen LogP contribution in [0.15, 0.2) is 6.07 Å². The predicted molar refractivity (Wildman–Crippen MR) is 70.5 cm³/mol. The number of aromatic nitrogens is 1. The van der Waals surface area contributed by atoms with Crippen molar-refractivity contribution < 1.29 is 27.4 Å². The van der Waals surface area contributed by atoms with E-state index < -0.39 is 28.5 Å². The number of anilines is 1. The highest BCUT2D eigenvalue weighted by molar-refractivity contribution is 6.29. The van der Waals surface area contributed by atoms with E-state index in [-0.39, 0.29) is 25.7 Å². The molecule has 0 saturated heterocycles. The van der Waals surface area contributed by atoms with Crippen molar-refractivity contribution >= 4 is 23.7 Å². The Labute approximate surface area is 124 Å². The van der Waals surface area contributed by atoms with Gasteiger partial charge in [0.05, 0.1) is 18.3 Å². The topological polar surface area (TPSA) is 60.5 Å². The van der Waals surface area contributed by atoms with Crippen LogP contribution in [0, 0.1) is 0 Å². The standard InChI is InChI=1S/C12H14ClF3N2O3/c1-7(2)20-3-4-21-11-10(17-6-19)8(12(14,15)16)5-9(13)18-11/h5-7H,3-4H2,1-2H3,(H,17,19). The van der Waals surface area contributed by atoms with Gasteiger partial charge in [0, 0.05) is 0 Å². The van der Waals surface area contributed by atoms with Gasteiger partial charge in [0.25, 0.3) is 0 Å². The van der Waals surface area contributed by atoms with Gasteiger partial charge in [-0.25, -0.2) is 0 Å². The molecule has 0 aliphatic rings. The number of carbonyl (C=O) groups is 1. The Morgan fingerprint density at radius 3 is 2.62 bits per heavy atom. The van der Waals surface area contributed by atoms with Crippen LogP contribution in [0.25, 0.3) is 0 Å². The van der Waals surface area contributed by atoms with Crippen LogP contribution in [-0.4, -0.2) is 30.7 Å². The summed E-state index contributed by atoms with van der Waals surface area (Å²) in [4.78, 5) is 14.1. The number of ether oxygens (including phenoxy) is 2. The van der Waals surface area contributed by atoms with Crippen LogP contribution in [0.3, 0.4) is 0 Å². The SMILES string of the molecule is CC(C)OCCOc1nc(Cl)cc(C(F)(F)F)c1NC=O. The van der Waals surface area contributed by atoms with Crippen molar-refractivity contribution in [3.05, 3.63) is 16.8 Å². The number of alkyl halides is 3. The fourth-order valence-electron chi connectivity index (χ4n) is 1.44. The normalized spacial score (nSPS) is 11.6. The largest absolute Gasteiger partial charge is 0.474 e. The second-order valence-corrected chi connectivity index (χ2v) is 4.59. The molecule has 0 saturated carbocycles. The number of rotatable bonds is 7. The van der Waals surface area contributed by atoms with Crippen molar-refractivity contribution in [2.24, 2.45) is 0 Å². The van der Waals surface area contributed by atoms with Gasteiger partial charge < -0.3 is 14.8 Å². The molecule has 1 rings (SSSR count). The number of nitrogens with one attached hydrogen (secondary N) is 1. The van der Waals surface area contributed by atoms with Gasteiger partial charge in [-0.05, 0) is 19.9 Å². The van der Waals surface area contributed by atoms with E-state index in [1.807, 2.05) is 5.32 Å². The van der Waals surface area contributed by atoms with Gasteiger partial charge in [0.2, 0.25) is 12.3 Å². The molecule has 5 nitrogen and oxygen atoms in total. The van der Waals surface area contributed by atoms with Gasteiger partial charge in [0.15, 0.2) is 0 Å². The Hall–Kier alpha value is -1.54. The minimum absolute atomic E-state index is 0.0314. The fourth-order valence-corrected chi connectivity index (χ4v) is 1.63. The van der Waals surface area contributed by atoms with Crippen LogP contribution in [0.1, 0.15) is 19.4 Å². The number of hydrogen-bond donors (Lipinski definition) is 1. The van der Waals surface area contributed by atoms with Gasteiger partial charge in [-0.15, -0.1) is 0 Å². The highest BCUT2D eigenvalue weighted by Gasteiger charge is 2.36. The number of hydrogen-bond acceptors (Lipinski definition) is 4. The van der Waals surface area contributed by atoms with E-state index in [0.29, 0.717) is 6.07 Å². The molecule has 0 radical (unpaired) electrons. The molecule has 1 aromatic heterocycles. The third-order valence-electron chi connectivity index (χ3n) is 2.24. The summed E-state index contributed by atoms with van der Waals surface area (Å²) in [5.41, 5.74) is -1.71. The Morgan fingerprint density at radius 2 is 2.10 bits per heavy atom. The lowest BCUT2D eigenvalue weighted by Crippen LogP contribution is -2.16. The van der Waals surface area contributed by atoms with E-state index in [1.165, 1.54) is 0 Å². The third-order valence-corrected chi connectivity index (χ3v) is 2.43. The number of halogens is 4. The Morgan fingerprint density at radius 1 is 1.43 bits per heavy atom. The van der Waals surface area contributed by atoms with E-state index in [4.69, 9.17) is 21.1 Å². The van der Waals surface area contributed by atoms with Crippen LogP contribution < -0.4 is 10.1 Å². The summed E-state index contributed by atoms with van der Waals surface area (Å²) in [6.07, 6.45) is -4.64. The first-order valence-electron chi connectivity index (χ1n) is 5.98. The summed E-state index contributed by atoms with van der Waals surface area (Å²) >= 11 is 5.55. The Balaban J connectivity index is 3.00. The summed E-state index contributed by atoms with van der Waals surface area (Å²) in [6.45, 7) is 3.74. The maximum Gasteiger partial charge on any atom is 0.418 e. The average Bonchev–Trinajstić information content (AvgIpc) is 2.35. The lowest BCUT2D eigenvalue weighted by Gasteiger charge is -2.16.